The molecule has 154 valence electrons. The van der Waals surface area contributed by atoms with Crippen LogP contribution in [0.15, 0.2) is 88.9 Å². The van der Waals surface area contributed by atoms with Crippen LogP contribution in [0.2, 0.25) is 0 Å². The van der Waals surface area contributed by atoms with E-state index in [2.05, 4.69) is 9.98 Å². The van der Waals surface area contributed by atoms with Gasteiger partial charge in [0.2, 0.25) is 0 Å². The first-order valence-corrected chi connectivity index (χ1v) is 9.65. The third kappa shape index (κ3) is 4.20. The Balaban J connectivity index is 1.59. The summed E-state index contributed by atoms with van der Waals surface area (Å²) in [6.07, 6.45) is 4.62. The van der Waals surface area contributed by atoms with Crippen molar-refractivity contribution in [3.63, 3.8) is 0 Å². The highest BCUT2D eigenvalue weighted by Gasteiger charge is 2.15. The van der Waals surface area contributed by atoms with E-state index < -0.39 is 5.97 Å². The molecule has 0 amide bonds. The molecule has 4 aromatic rings. The molecule has 0 bridgehead atoms. The number of para-hydroxylation sites is 1. The normalized spacial score (nSPS) is 11.0. The first-order valence-electron chi connectivity index (χ1n) is 9.65. The summed E-state index contributed by atoms with van der Waals surface area (Å²) in [5.41, 5.74) is 2.71. The minimum atomic E-state index is -0.494. The van der Waals surface area contributed by atoms with Crippen LogP contribution in [0.5, 0.6) is 5.75 Å². The smallest absolute Gasteiger partial charge is 0.345 e. The number of carbonyl (C=O) groups excluding carboxylic acids is 1. The standard InChI is InChI=1S/C24H20N4O3/c1-17-22(23(29)28(27(17)2)20-10-4-3-5-11-20)26-15-18-8-6-12-21(14-18)31-24(30)19-9-7-13-25-16-19/h3-16H,1-2H3. The minimum Gasteiger partial charge on any atom is -0.423 e. The van der Waals surface area contributed by atoms with Gasteiger partial charge in [0.25, 0.3) is 5.56 Å². The number of aromatic nitrogens is 3. The van der Waals surface area contributed by atoms with Gasteiger partial charge in [-0.15, -0.1) is 0 Å². The van der Waals surface area contributed by atoms with Crippen molar-refractivity contribution in [1.82, 2.24) is 14.3 Å². The lowest BCUT2D eigenvalue weighted by Crippen LogP contribution is -2.19. The lowest BCUT2D eigenvalue weighted by atomic mass is 10.2. The molecule has 0 spiro atoms. The van der Waals surface area contributed by atoms with Gasteiger partial charge in [-0.3, -0.25) is 14.5 Å². The van der Waals surface area contributed by atoms with Crippen LogP contribution in [0.1, 0.15) is 21.6 Å². The van der Waals surface area contributed by atoms with E-state index in [9.17, 15) is 9.59 Å². The second kappa shape index (κ2) is 8.62. The summed E-state index contributed by atoms with van der Waals surface area (Å²) in [6, 6.07) is 19.7. The molecule has 0 fully saturated rings. The molecule has 0 aliphatic rings. The minimum absolute atomic E-state index is 0.207. The quantitative estimate of drug-likeness (QED) is 0.283. The molecule has 2 heterocycles. The van der Waals surface area contributed by atoms with E-state index in [0.29, 0.717) is 22.6 Å². The fourth-order valence-electron chi connectivity index (χ4n) is 3.15. The number of pyridine rings is 1. The highest BCUT2D eigenvalue weighted by Crippen LogP contribution is 2.18. The molecule has 7 heteroatoms. The Bertz CT molecular complexity index is 1310. The van der Waals surface area contributed by atoms with Crippen molar-refractivity contribution in [3.8, 4) is 11.4 Å². The van der Waals surface area contributed by atoms with Crippen LogP contribution >= 0.6 is 0 Å². The highest BCUT2D eigenvalue weighted by atomic mass is 16.5. The average molecular weight is 412 g/mol. The van der Waals surface area contributed by atoms with Gasteiger partial charge in [-0.05, 0) is 48.9 Å². The topological polar surface area (TPSA) is 78.5 Å². The molecule has 31 heavy (non-hydrogen) atoms. The summed E-state index contributed by atoms with van der Waals surface area (Å²) in [5, 5.41) is 0. The summed E-state index contributed by atoms with van der Waals surface area (Å²) in [7, 11) is 1.82. The van der Waals surface area contributed by atoms with Crippen molar-refractivity contribution in [1.29, 1.82) is 0 Å². The average Bonchev–Trinajstić information content (AvgIpc) is 3.01. The molecular weight excluding hydrogens is 392 g/mol. The summed E-state index contributed by atoms with van der Waals surface area (Å²) >= 11 is 0. The lowest BCUT2D eigenvalue weighted by Gasteiger charge is -2.07. The Morgan fingerprint density at radius 1 is 1.06 bits per heavy atom. The number of rotatable bonds is 5. The van der Waals surface area contributed by atoms with Crippen LogP contribution in [-0.2, 0) is 7.05 Å². The van der Waals surface area contributed by atoms with Crippen LogP contribution in [0.3, 0.4) is 0 Å². The second-order valence-corrected chi connectivity index (χ2v) is 6.87. The van der Waals surface area contributed by atoms with E-state index in [1.807, 2.05) is 50.4 Å². The van der Waals surface area contributed by atoms with Crippen molar-refractivity contribution in [2.45, 2.75) is 6.92 Å². The van der Waals surface area contributed by atoms with Gasteiger partial charge in [-0.25, -0.2) is 14.5 Å². The third-order valence-electron chi connectivity index (χ3n) is 4.83. The first-order chi connectivity index (χ1) is 15.0. The Labute approximate surface area is 178 Å². The summed E-state index contributed by atoms with van der Waals surface area (Å²) < 4.78 is 8.76. The van der Waals surface area contributed by atoms with Crippen molar-refractivity contribution >= 4 is 17.9 Å². The fraction of sp³-hybridized carbons (Fsp3) is 0.0833. The number of hydrogen-bond donors (Lipinski definition) is 0. The molecule has 7 nitrogen and oxygen atoms in total. The first kappa shape index (κ1) is 20.0. The zero-order valence-electron chi connectivity index (χ0n) is 17.1. The molecule has 0 unspecified atom stereocenters. The molecule has 2 aromatic heterocycles. The number of nitrogens with zero attached hydrogens (tertiary/aromatic N) is 4. The maximum absolute atomic E-state index is 13.0. The van der Waals surface area contributed by atoms with Gasteiger partial charge < -0.3 is 4.74 Å². The van der Waals surface area contributed by atoms with Gasteiger partial charge in [-0.1, -0.05) is 30.3 Å². The zero-order chi connectivity index (χ0) is 21.8. The zero-order valence-corrected chi connectivity index (χ0v) is 17.1. The number of hydrogen-bond acceptors (Lipinski definition) is 5. The van der Waals surface area contributed by atoms with E-state index >= 15 is 0 Å². The van der Waals surface area contributed by atoms with Crippen molar-refractivity contribution in [2.75, 3.05) is 0 Å². The lowest BCUT2D eigenvalue weighted by molar-refractivity contribution is 0.0734. The SMILES string of the molecule is Cc1c(N=Cc2cccc(OC(=O)c3cccnc3)c2)c(=O)n(-c2ccccc2)n1C. The van der Waals surface area contributed by atoms with Gasteiger partial charge in [0.15, 0.2) is 5.69 Å². The van der Waals surface area contributed by atoms with Crippen LogP contribution < -0.4 is 10.3 Å². The van der Waals surface area contributed by atoms with Crippen LogP contribution in [0.4, 0.5) is 5.69 Å². The maximum Gasteiger partial charge on any atom is 0.345 e. The largest absolute Gasteiger partial charge is 0.423 e. The molecule has 0 aliphatic heterocycles. The van der Waals surface area contributed by atoms with Gasteiger partial charge in [0.05, 0.1) is 16.9 Å². The molecule has 0 aliphatic carbocycles. The maximum atomic E-state index is 13.0. The van der Waals surface area contributed by atoms with Crippen molar-refractivity contribution < 1.29 is 9.53 Å². The molecular formula is C24H20N4O3. The summed E-state index contributed by atoms with van der Waals surface area (Å²) in [6.45, 7) is 1.85. The second-order valence-electron chi connectivity index (χ2n) is 6.87. The molecule has 0 atom stereocenters. The predicted octanol–water partition coefficient (Wildman–Crippen LogP) is 3.85. The van der Waals surface area contributed by atoms with Crippen LogP contribution in [-0.4, -0.2) is 26.5 Å². The molecule has 0 N–H and O–H groups in total. The van der Waals surface area contributed by atoms with E-state index in [1.165, 1.54) is 6.20 Å². The Morgan fingerprint density at radius 2 is 1.87 bits per heavy atom. The van der Waals surface area contributed by atoms with Gasteiger partial charge >= 0.3 is 5.97 Å². The predicted molar refractivity (Wildman–Crippen MR) is 119 cm³/mol. The Morgan fingerprint density at radius 3 is 2.61 bits per heavy atom. The van der Waals surface area contributed by atoms with Gasteiger partial charge in [0, 0.05) is 25.7 Å². The van der Waals surface area contributed by atoms with Crippen molar-refractivity contribution in [3.05, 3.63) is 106 Å². The Hall–Kier alpha value is -4.26. The van der Waals surface area contributed by atoms with Crippen molar-refractivity contribution in [2.24, 2.45) is 12.0 Å². The molecule has 2 aromatic carbocycles. The van der Waals surface area contributed by atoms with Crippen LogP contribution in [0.25, 0.3) is 5.69 Å². The van der Waals surface area contributed by atoms with E-state index in [-0.39, 0.29) is 5.56 Å². The fourth-order valence-corrected chi connectivity index (χ4v) is 3.15. The van der Waals surface area contributed by atoms with E-state index in [1.54, 1.807) is 52.1 Å². The van der Waals surface area contributed by atoms with E-state index in [4.69, 9.17) is 4.74 Å². The Kier molecular flexibility index (Phi) is 5.57. The number of aliphatic imine (C=N–C) groups is 1. The third-order valence-corrected chi connectivity index (χ3v) is 4.83. The van der Waals surface area contributed by atoms with E-state index in [0.717, 1.165) is 11.4 Å². The monoisotopic (exact) mass is 412 g/mol. The van der Waals surface area contributed by atoms with Gasteiger partial charge in [-0.2, -0.15) is 0 Å². The summed E-state index contributed by atoms with van der Waals surface area (Å²) in [4.78, 5) is 33.5. The molecule has 0 radical (unpaired) electrons. The molecule has 0 saturated carbocycles. The molecule has 4 rings (SSSR count). The number of esters is 1. The highest BCUT2D eigenvalue weighted by molar-refractivity contribution is 5.91. The molecule has 0 saturated heterocycles. The van der Waals surface area contributed by atoms with Gasteiger partial charge in [0.1, 0.15) is 5.75 Å². The van der Waals surface area contributed by atoms with Crippen LogP contribution in [0, 0.1) is 6.92 Å². The number of carbonyl (C=O) groups is 1. The number of benzene rings is 2. The number of ether oxygens (including phenoxy) is 1. The summed E-state index contributed by atoms with van der Waals surface area (Å²) in [5.74, 6) is -0.115.